The second kappa shape index (κ2) is 8.55. The summed E-state index contributed by atoms with van der Waals surface area (Å²) in [5, 5.41) is 18.7. The van der Waals surface area contributed by atoms with Crippen LogP contribution in [0.4, 0.5) is 0 Å². The minimum Gasteiger partial charge on any atom is -0.396 e. The fraction of sp³-hybridized carbons (Fsp3) is 0.125. The van der Waals surface area contributed by atoms with E-state index in [-0.39, 0.29) is 6.61 Å². The van der Waals surface area contributed by atoms with Crippen molar-refractivity contribution in [2.45, 2.75) is 13.0 Å². The molecule has 1 heterocycles. The van der Waals surface area contributed by atoms with Crippen LogP contribution >= 0.6 is 0 Å². The lowest BCUT2D eigenvalue weighted by Crippen LogP contribution is -2.41. The van der Waals surface area contributed by atoms with Crippen molar-refractivity contribution in [2.24, 2.45) is 0 Å². The zero-order chi connectivity index (χ0) is 19.2. The summed E-state index contributed by atoms with van der Waals surface area (Å²) in [4.78, 5) is 0. The summed E-state index contributed by atoms with van der Waals surface area (Å²) in [6.07, 6.45) is 0.643. The second-order valence-electron chi connectivity index (χ2n) is 6.55. The molecule has 0 spiro atoms. The number of hydrogen-bond donors (Lipinski definition) is 1. The summed E-state index contributed by atoms with van der Waals surface area (Å²) < 4.78 is 2.18. The van der Waals surface area contributed by atoms with Crippen LogP contribution in [0.15, 0.2) is 91.0 Å². The highest BCUT2D eigenvalue weighted by Gasteiger charge is 2.26. The number of aromatic nitrogens is 3. The van der Waals surface area contributed by atoms with Gasteiger partial charge in [0.2, 0.25) is 0 Å². The Balaban J connectivity index is 2.01. The third kappa shape index (κ3) is 3.68. The van der Waals surface area contributed by atoms with Crippen LogP contribution in [0.25, 0.3) is 33.9 Å². The van der Waals surface area contributed by atoms with Gasteiger partial charge >= 0.3 is 5.82 Å². The van der Waals surface area contributed by atoms with E-state index in [1.165, 1.54) is 0 Å². The molecule has 4 rings (SSSR count). The lowest BCUT2D eigenvalue weighted by molar-refractivity contribution is -0.678. The van der Waals surface area contributed by atoms with Gasteiger partial charge in [-0.15, -0.1) is 0 Å². The van der Waals surface area contributed by atoms with Gasteiger partial charge in [0.25, 0.3) is 0 Å². The normalized spacial score (nSPS) is 10.8. The van der Waals surface area contributed by atoms with Crippen molar-refractivity contribution in [3.63, 3.8) is 0 Å². The fourth-order valence-electron chi connectivity index (χ4n) is 3.36. The van der Waals surface area contributed by atoms with Crippen molar-refractivity contribution in [1.82, 2.24) is 10.2 Å². The molecular formula is C24H22N3O+. The van der Waals surface area contributed by atoms with Gasteiger partial charge in [0, 0.05) is 24.2 Å². The first-order chi connectivity index (χ1) is 13.9. The largest absolute Gasteiger partial charge is 0.396 e. The van der Waals surface area contributed by atoms with Crippen LogP contribution < -0.4 is 4.57 Å². The van der Waals surface area contributed by atoms with E-state index < -0.39 is 0 Å². The predicted molar refractivity (Wildman–Crippen MR) is 110 cm³/mol. The van der Waals surface area contributed by atoms with Crippen molar-refractivity contribution >= 4 is 0 Å². The van der Waals surface area contributed by atoms with Crippen molar-refractivity contribution < 1.29 is 9.67 Å². The van der Waals surface area contributed by atoms with Gasteiger partial charge in [0.1, 0.15) is 0 Å². The summed E-state index contributed by atoms with van der Waals surface area (Å²) in [5.74, 6) is 0.799. The van der Waals surface area contributed by atoms with Crippen LogP contribution in [0, 0.1) is 0 Å². The average molecular weight is 368 g/mol. The zero-order valence-corrected chi connectivity index (χ0v) is 15.6. The topological polar surface area (TPSA) is 49.9 Å². The Morgan fingerprint density at radius 2 is 1.18 bits per heavy atom. The standard InChI is InChI=1S/C24H22N3O/c28-18-10-17-27-23(20-13-6-2-7-14-20)22(19-11-4-1-5-12-19)25-26-24(27)21-15-8-3-9-16-21/h1-9,11-16,28H,10,17-18H2/q+1. The first-order valence-electron chi connectivity index (χ1n) is 9.46. The van der Waals surface area contributed by atoms with Gasteiger partial charge < -0.3 is 5.11 Å². The maximum atomic E-state index is 9.49. The Kier molecular flexibility index (Phi) is 5.50. The number of aliphatic hydroxyl groups is 1. The van der Waals surface area contributed by atoms with E-state index in [2.05, 4.69) is 39.0 Å². The number of hydrogen-bond acceptors (Lipinski definition) is 3. The minimum absolute atomic E-state index is 0.123. The molecule has 4 heteroatoms. The molecule has 1 aromatic heterocycles. The summed E-state index contributed by atoms with van der Waals surface area (Å²) >= 11 is 0. The molecule has 3 aromatic carbocycles. The highest BCUT2D eigenvalue weighted by molar-refractivity contribution is 5.76. The molecule has 0 fully saturated rings. The average Bonchev–Trinajstić information content (AvgIpc) is 2.79. The molecule has 0 atom stereocenters. The van der Waals surface area contributed by atoms with E-state index in [9.17, 15) is 5.11 Å². The van der Waals surface area contributed by atoms with Gasteiger partial charge in [-0.05, 0) is 17.2 Å². The summed E-state index contributed by atoms with van der Waals surface area (Å²) in [7, 11) is 0. The number of rotatable bonds is 6. The smallest absolute Gasteiger partial charge is 0.358 e. The van der Waals surface area contributed by atoms with Crippen molar-refractivity contribution in [3.05, 3.63) is 91.0 Å². The van der Waals surface area contributed by atoms with Gasteiger partial charge in [0.05, 0.1) is 17.2 Å². The Morgan fingerprint density at radius 1 is 0.643 bits per heavy atom. The van der Waals surface area contributed by atoms with Gasteiger partial charge in [-0.1, -0.05) is 78.9 Å². The van der Waals surface area contributed by atoms with E-state index in [1.54, 1.807) is 0 Å². The van der Waals surface area contributed by atoms with Crippen molar-refractivity contribution in [2.75, 3.05) is 6.61 Å². The van der Waals surface area contributed by atoms with E-state index in [0.717, 1.165) is 33.9 Å². The van der Waals surface area contributed by atoms with Gasteiger partial charge in [-0.3, -0.25) is 0 Å². The lowest BCUT2D eigenvalue weighted by Gasteiger charge is -2.13. The molecule has 0 saturated carbocycles. The zero-order valence-electron chi connectivity index (χ0n) is 15.6. The van der Waals surface area contributed by atoms with Gasteiger partial charge in [-0.2, -0.15) is 0 Å². The molecule has 4 nitrogen and oxygen atoms in total. The van der Waals surface area contributed by atoms with Crippen LogP contribution in [-0.2, 0) is 6.54 Å². The Hall–Kier alpha value is -3.37. The maximum Gasteiger partial charge on any atom is 0.358 e. The molecule has 0 amide bonds. The van der Waals surface area contributed by atoms with Crippen molar-refractivity contribution in [1.29, 1.82) is 0 Å². The van der Waals surface area contributed by atoms with E-state index in [4.69, 9.17) is 0 Å². The molecule has 0 radical (unpaired) electrons. The molecule has 4 aromatic rings. The number of benzene rings is 3. The highest BCUT2D eigenvalue weighted by Crippen LogP contribution is 2.28. The summed E-state index contributed by atoms with van der Waals surface area (Å²) in [6.45, 7) is 0.777. The first kappa shape index (κ1) is 18.0. The number of aliphatic hydroxyl groups excluding tert-OH is 1. The van der Waals surface area contributed by atoms with E-state index in [1.807, 2.05) is 66.7 Å². The molecule has 1 N–H and O–H groups in total. The number of nitrogens with zero attached hydrogens (tertiary/aromatic N) is 3. The van der Waals surface area contributed by atoms with Crippen LogP contribution in [0.5, 0.6) is 0 Å². The molecule has 0 aliphatic heterocycles. The monoisotopic (exact) mass is 368 g/mol. The van der Waals surface area contributed by atoms with Crippen LogP contribution in [-0.4, -0.2) is 21.9 Å². The Bertz CT molecular complexity index is 1040. The second-order valence-corrected chi connectivity index (χ2v) is 6.55. The van der Waals surface area contributed by atoms with Crippen LogP contribution in [0.1, 0.15) is 6.42 Å². The molecule has 0 bridgehead atoms. The van der Waals surface area contributed by atoms with Gasteiger partial charge in [0.15, 0.2) is 11.4 Å². The Labute approximate surface area is 164 Å². The quantitative estimate of drug-likeness (QED) is 0.520. The third-order valence-electron chi connectivity index (χ3n) is 4.66. The fourth-order valence-corrected chi connectivity index (χ4v) is 3.36. The lowest BCUT2D eigenvalue weighted by atomic mass is 10.0. The Morgan fingerprint density at radius 3 is 1.75 bits per heavy atom. The van der Waals surface area contributed by atoms with Crippen LogP contribution in [0.3, 0.4) is 0 Å². The summed E-state index contributed by atoms with van der Waals surface area (Å²) in [6, 6.07) is 30.4. The first-order valence-corrected chi connectivity index (χ1v) is 9.46. The van der Waals surface area contributed by atoms with E-state index >= 15 is 0 Å². The third-order valence-corrected chi connectivity index (χ3v) is 4.66. The molecule has 138 valence electrons. The molecular weight excluding hydrogens is 346 g/mol. The minimum atomic E-state index is 0.123. The molecule has 0 aliphatic rings. The van der Waals surface area contributed by atoms with Crippen LogP contribution in [0.2, 0.25) is 0 Å². The highest BCUT2D eigenvalue weighted by atomic mass is 16.3. The predicted octanol–water partition coefficient (Wildman–Crippen LogP) is 4.15. The molecule has 28 heavy (non-hydrogen) atoms. The maximum absolute atomic E-state index is 9.49. The van der Waals surface area contributed by atoms with E-state index in [0.29, 0.717) is 13.0 Å². The molecule has 0 saturated heterocycles. The summed E-state index contributed by atoms with van der Waals surface area (Å²) in [5.41, 5.74) is 4.95. The van der Waals surface area contributed by atoms with Gasteiger partial charge in [-0.25, -0.2) is 4.57 Å². The molecule has 0 aliphatic carbocycles. The molecule has 0 unspecified atom stereocenters. The van der Waals surface area contributed by atoms with Crippen molar-refractivity contribution in [3.8, 4) is 33.9 Å². The SMILES string of the molecule is OCCC[n+]1c(-c2ccccc2)nnc(-c2ccccc2)c1-c1ccccc1.